The second-order valence-electron chi connectivity index (χ2n) is 8.36. The number of ether oxygens (including phenoxy) is 1. The van der Waals surface area contributed by atoms with Gasteiger partial charge in [-0.3, -0.25) is 0 Å². The number of hydrogen-bond acceptors (Lipinski definition) is 8. The summed E-state index contributed by atoms with van der Waals surface area (Å²) in [6, 6.07) is 0. The van der Waals surface area contributed by atoms with Crippen LogP contribution in [0.15, 0.2) is 12.5 Å². The SMILES string of the molecule is CCCCCCN(CCCCCC)c1ncnc2c1cnn2C1OC(CO)C(O)C1O. The van der Waals surface area contributed by atoms with Crippen LogP contribution in [-0.4, -0.2) is 73.1 Å². The fraction of sp³-hybridized carbons (Fsp3) is 0.773. The van der Waals surface area contributed by atoms with Gasteiger partial charge in [-0.2, -0.15) is 5.10 Å². The highest BCUT2D eigenvalue weighted by Crippen LogP contribution is 2.32. The molecule has 3 heterocycles. The van der Waals surface area contributed by atoms with Crippen molar-refractivity contribution in [2.24, 2.45) is 0 Å². The molecule has 3 N–H and O–H groups in total. The number of rotatable bonds is 13. The van der Waals surface area contributed by atoms with Crippen LogP contribution >= 0.6 is 0 Å². The molecular weight excluding hydrogens is 398 g/mol. The summed E-state index contributed by atoms with van der Waals surface area (Å²) in [5.74, 6) is 0.844. The summed E-state index contributed by atoms with van der Waals surface area (Å²) in [4.78, 5) is 11.3. The van der Waals surface area contributed by atoms with Crippen LogP contribution in [0.25, 0.3) is 11.0 Å². The van der Waals surface area contributed by atoms with Crippen LogP contribution < -0.4 is 4.90 Å². The largest absolute Gasteiger partial charge is 0.394 e. The summed E-state index contributed by atoms with van der Waals surface area (Å²) < 4.78 is 7.13. The molecule has 3 rings (SSSR count). The molecule has 2 aromatic heterocycles. The molecule has 1 fully saturated rings. The third-order valence-electron chi connectivity index (χ3n) is 5.99. The molecule has 0 radical (unpaired) electrons. The van der Waals surface area contributed by atoms with Crippen molar-refractivity contribution in [1.82, 2.24) is 19.7 Å². The number of nitrogens with zero attached hydrogens (tertiary/aromatic N) is 5. The lowest BCUT2D eigenvalue weighted by Gasteiger charge is -2.24. The van der Waals surface area contributed by atoms with Crippen molar-refractivity contribution in [2.45, 2.75) is 89.8 Å². The first-order valence-electron chi connectivity index (χ1n) is 11.7. The van der Waals surface area contributed by atoms with E-state index < -0.39 is 24.5 Å². The molecule has 0 aromatic carbocycles. The second-order valence-corrected chi connectivity index (χ2v) is 8.36. The number of aliphatic hydroxyl groups excluding tert-OH is 3. The third kappa shape index (κ3) is 5.52. The Morgan fingerprint density at radius 3 is 2.23 bits per heavy atom. The number of hydrogen-bond donors (Lipinski definition) is 3. The standard InChI is InChI=1S/C22H37N5O4/c1-3-5-7-9-11-26(12-10-8-6-4-2)20-16-13-25-27(21(16)24-15-23-20)22-19(30)18(29)17(14-28)31-22/h13,15,17-19,22,28-30H,3-12,14H2,1-2H3. The van der Waals surface area contributed by atoms with Gasteiger partial charge in [0, 0.05) is 13.1 Å². The van der Waals surface area contributed by atoms with Gasteiger partial charge in [-0.15, -0.1) is 0 Å². The smallest absolute Gasteiger partial charge is 0.181 e. The number of anilines is 1. The predicted molar refractivity (Wildman–Crippen MR) is 119 cm³/mol. The highest BCUT2D eigenvalue weighted by Gasteiger charge is 2.44. The van der Waals surface area contributed by atoms with Crippen LogP contribution in [0, 0.1) is 0 Å². The van der Waals surface area contributed by atoms with Crippen LogP contribution in [0.1, 0.15) is 71.4 Å². The van der Waals surface area contributed by atoms with Crippen molar-refractivity contribution in [1.29, 1.82) is 0 Å². The van der Waals surface area contributed by atoms with E-state index >= 15 is 0 Å². The van der Waals surface area contributed by atoms with Crippen LogP contribution in [0.3, 0.4) is 0 Å². The molecule has 4 unspecified atom stereocenters. The van der Waals surface area contributed by atoms with Gasteiger partial charge in [-0.1, -0.05) is 52.4 Å². The van der Waals surface area contributed by atoms with Crippen LogP contribution in [0.5, 0.6) is 0 Å². The molecule has 2 aromatic rings. The van der Waals surface area contributed by atoms with Crippen molar-refractivity contribution in [3.8, 4) is 0 Å². The lowest BCUT2D eigenvalue weighted by Crippen LogP contribution is -2.33. The molecular formula is C22H37N5O4. The average Bonchev–Trinajstić information content (AvgIpc) is 3.33. The minimum Gasteiger partial charge on any atom is -0.394 e. The zero-order valence-corrected chi connectivity index (χ0v) is 18.7. The lowest BCUT2D eigenvalue weighted by molar-refractivity contribution is -0.0566. The molecule has 0 bridgehead atoms. The van der Waals surface area contributed by atoms with E-state index in [4.69, 9.17) is 4.74 Å². The monoisotopic (exact) mass is 435 g/mol. The molecule has 1 aliphatic rings. The molecule has 4 atom stereocenters. The van der Waals surface area contributed by atoms with Gasteiger partial charge in [-0.25, -0.2) is 14.6 Å². The van der Waals surface area contributed by atoms with E-state index in [0.29, 0.717) is 5.65 Å². The van der Waals surface area contributed by atoms with Gasteiger partial charge in [0.05, 0.1) is 18.2 Å². The van der Waals surface area contributed by atoms with Gasteiger partial charge in [0.1, 0.15) is 30.5 Å². The molecule has 1 aliphatic heterocycles. The Morgan fingerprint density at radius 1 is 0.968 bits per heavy atom. The van der Waals surface area contributed by atoms with Crippen LogP contribution in [0.4, 0.5) is 5.82 Å². The van der Waals surface area contributed by atoms with E-state index in [0.717, 1.165) is 37.1 Å². The minimum absolute atomic E-state index is 0.378. The Balaban J connectivity index is 1.83. The Labute approximate surface area is 184 Å². The maximum Gasteiger partial charge on any atom is 0.181 e. The first kappa shape index (κ1) is 23.8. The van der Waals surface area contributed by atoms with Crippen molar-refractivity contribution in [2.75, 3.05) is 24.6 Å². The van der Waals surface area contributed by atoms with Gasteiger partial charge in [0.25, 0.3) is 0 Å². The highest BCUT2D eigenvalue weighted by atomic mass is 16.6. The first-order chi connectivity index (χ1) is 15.1. The Morgan fingerprint density at radius 2 is 1.65 bits per heavy atom. The zero-order valence-electron chi connectivity index (χ0n) is 18.7. The maximum absolute atomic E-state index is 10.4. The van der Waals surface area contributed by atoms with E-state index in [1.807, 2.05) is 0 Å². The number of aromatic nitrogens is 4. The first-order valence-corrected chi connectivity index (χ1v) is 11.7. The number of aliphatic hydroxyl groups is 3. The van der Waals surface area contributed by atoms with Gasteiger partial charge >= 0.3 is 0 Å². The molecule has 174 valence electrons. The average molecular weight is 436 g/mol. The summed E-state index contributed by atoms with van der Waals surface area (Å²) in [5.41, 5.74) is 0.548. The molecule has 0 spiro atoms. The fourth-order valence-electron chi connectivity index (χ4n) is 4.15. The summed E-state index contributed by atoms with van der Waals surface area (Å²) in [5, 5.41) is 35.1. The molecule has 0 saturated carbocycles. The summed E-state index contributed by atoms with van der Waals surface area (Å²) in [6.07, 6.45) is 8.54. The van der Waals surface area contributed by atoms with E-state index in [9.17, 15) is 15.3 Å². The number of unbranched alkanes of at least 4 members (excludes halogenated alkanes) is 6. The molecule has 9 heteroatoms. The molecule has 0 aliphatic carbocycles. The summed E-state index contributed by atoms with van der Waals surface area (Å²) in [6.45, 7) is 5.90. The molecule has 9 nitrogen and oxygen atoms in total. The third-order valence-corrected chi connectivity index (χ3v) is 5.99. The van der Waals surface area contributed by atoms with Crippen molar-refractivity contribution >= 4 is 16.9 Å². The second kappa shape index (κ2) is 11.7. The normalized spacial score (nSPS) is 23.6. The summed E-state index contributed by atoms with van der Waals surface area (Å²) >= 11 is 0. The van der Waals surface area contributed by atoms with E-state index in [1.54, 1.807) is 6.20 Å². The maximum atomic E-state index is 10.4. The topological polar surface area (TPSA) is 117 Å². The van der Waals surface area contributed by atoms with E-state index in [2.05, 4.69) is 33.8 Å². The highest BCUT2D eigenvalue weighted by molar-refractivity contribution is 5.86. The zero-order chi connectivity index (χ0) is 22.2. The summed E-state index contributed by atoms with van der Waals surface area (Å²) in [7, 11) is 0. The Hall–Kier alpha value is -1.81. The fourth-order valence-corrected chi connectivity index (χ4v) is 4.15. The quantitative estimate of drug-likeness (QED) is 0.411. The van der Waals surface area contributed by atoms with Crippen molar-refractivity contribution < 1.29 is 20.1 Å². The molecule has 0 amide bonds. The van der Waals surface area contributed by atoms with Gasteiger partial charge in [0.2, 0.25) is 0 Å². The van der Waals surface area contributed by atoms with E-state index in [-0.39, 0.29) is 6.61 Å². The van der Waals surface area contributed by atoms with Crippen molar-refractivity contribution in [3.63, 3.8) is 0 Å². The Kier molecular flexibility index (Phi) is 9.01. The van der Waals surface area contributed by atoms with Gasteiger partial charge in [0.15, 0.2) is 11.9 Å². The Bertz CT molecular complexity index is 789. The van der Waals surface area contributed by atoms with Crippen LogP contribution in [-0.2, 0) is 4.74 Å². The van der Waals surface area contributed by atoms with Crippen molar-refractivity contribution in [3.05, 3.63) is 12.5 Å². The number of fused-ring (bicyclic) bond motifs is 1. The molecule has 1 saturated heterocycles. The molecule has 31 heavy (non-hydrogen) atoms. The van der Waals surface area contributed by atoms with Gasteiger partial charge < -0.3 is 25.0 Å². The van der Waals surface area contributed by atoms with E-state index in [1.165, 1.54) is 49.5 Å². The van der Waals surface area contributed by atoms with Crippen LogP contribution in [0.2, 0.25) is 0 Å². The minimum atomic E-state index is -1.20. The predicted octanol–water partition coefficient (Wildman–Crippen LogP) is 2.40. The lowest BCUT2D eigenvalue weighted by atomic mass is 10.1. The van der Waals surface area contributed by atoms with Gasteiger partial charge in [-0.05, 0) is 12.8 Å².